The Morgan fingerprint density at radius 3 is 2.40 bits per heavy atom. The summed E-state index contributed by atoms with van der Waals surface area (Å²) in [5.41, 5.74) is 2.32. The number of amides is 2. The van der Waals surface area contributed by atoms with Crippen molar-refractivity contribution in [2.75, 3.05) is 19.1 Å². The molecule has 3 aromatic rings. The van der Waals surface area contributed by atoms with Gasteiger partial charge in [-0.3, -0.25) is 14.5 Å². The van der Waals surface area contributed by atoms with Gasteiger partial charge in [-0.2, -0.15) is 0 Å². The van der Waals surface area contributed by atoms with Gasteiger partial charge in [-0.25, -0.2) is 0 Å². The van der Waals surface area contributed by atoms with E-state index in [-0.39, 0.29) is 24.3 Å². The van der Waals surface area contributed by atoms with E-state index in [4.69, 9.17) is 9.47 Å². The van der Waals surface area contributed by atoms with Crippen LogP contribution in [0, 0.1) is 6.92 Å². The van der Waals surface area contributed by atoms with Gasteiger partial charge in [-0.05, 0) is 49.4 Å². The van der Waals surface area contributed by atoms with Crippen LogP contribution in [-0.2, 0) is 16.0 Å². The number of thiophene rings is 1. The number of carbonyl (C=O) groups is 2. The highest BCUT2D eigenvalue weighted by molar-refractivity contribution is 7.10. The Kier molecular flexibility index (Phi) is 8.08. The molecule has 1 aromatic heterocycles. The summed E-state index contributed by atoms with van der Waals surface area (Å²) in [7, 11) is 3.12. The average molecular weight is 493 g/mol. The number of nitrogens with one attached hydrogen (secondary N) is 1. The minimum Gasteiger partial charge on any atom is -0.493 e. The summed E-state index contributed by atoms with van der Waals surface area (Å²) in [5, 5.41) is 5.17. The van der Waals surface area contributed by atoms with Gasteiger partial charge in [0, 0.05) is 22.2 Å². The van der Waals surface area contributed by atoms with Crippen LogP contribution in [-0.4, -0.2) is 32.1 Å². The van der Waals surface area contributed by atoms with Crippen molar-refractivity contribution in [3.8, 4) is 11.5 Å². The van der Waals surface area contributed by atoms with Crippen LogP contribution in [0.25, 0.3) is 0 Å². The maximum absolute atomic E-state index is 14.0. The summed E-state index contributed by atoms with van der Waals surface area (Å²) >= 11 is 1.53. The monoisotopic (exact) mass is 492 g/mol. The number of hydrogen-bond donors (Lipinski definition) is 1. The van der Waals surface area contributed by atoms with Crippen molar-refractivity contribution in [2.45, 2.75) is 51.1 Å². The normalized spacial score (nSPS) is 14.4. The van der Waals surface area contributed by atoms with Crippen LogP contribution in [0.2, 0.25) is 0 Å². The van der Waals surface area contributed by atoms with E-state index in [9.17, 15) is 9.59 Å². The summed E-state index contributed by atoms with van der Waals surface area (Å²) in [6.07, 6.45) is 4.28. The first-order valence-corrected chi connectivity index (χ1v) is 12.8. The smallest absolute Gasteiger partial charge is 0.248 e. The lowest BCUT2D eigenvalue weighted by Gasteiger charge is -2.33. The molecule has 0 bridgehead atoms. The Hall–Kier alpha value is -3.32. The van der Waals surface area contributed by atoms with Crippen LogP contribution in [0.15, 0.2) is 60.0 Å². The first kappa shape index (κ1) is 24.8. The molecule has 184 valence electrons. The Bertz CT molecular complexity index is 1140. The largest absolute Gasteiger partial charge is 0.493 e. The third kappa shape index (κ3) is 5.68. The van der Waals surface area contributed by atoms with Crippen molar-refractivity contribution in [3.05, 3.63) is 76.0 Å². The van der Waals surface area contributed by atoms with Crippen molar-refractivity contribution in [1.29, 1.82) is 0 Å². The van der Waals surface area contributed by atoms with Gasteiger partial charge in [-0.15, -0.1) is 11.3 Å². The fourth-order valence-corrected chi connectivity index (χ4v) is 5.36. The first-order valence-electron chi connectivity index (χ1n) is 11.9. The van der Waals surface area contributed by atoms with E-state index >= 15 is 0 Å². The van der Waals surface area contributed by atoms with Gasteiger partial charge >= 0.3 is 0 Å². The number of methoxy groups -OCH3 is 2. The molecule has 2 aromatic carbocycles. The molecule has 7 heteroatoms. The molecular weight excluding hydrogens is 460 g/mol. The van der Waals surface area contributed by atoms with Gasteiger partial charge in [0.25, 0.3) is 0 Å². The minimum absolute atomic E-state index is 0.105. The molecule has 1 fully saturated rings. The number of anilines is 1. The molecule has 0 radical (unpaired) electrons. The molecule has 0 saturated heterocycles. The van der Waals surface area contributed by atoms with Gasteiger partial charge in [0.2, 0.25) is 11.8 Å². The van der Waals surface area contributed by atoms with E-state index < -0.39 is 6.04 Å². The van der Waals surface area contributed by atoms with Crippen molar-refractivity contribution < 1.29 is 19.1 Å². The van der Waals surface area contributed by atoms with Crippen LogP contribution >= 0.6 is 11.3 Å². The molecular formula is C28H32N2O4S. The van der Waals surface area contributed by atoms with Crippen molar-refractivity contribution in [2.24, 2.45) is 0 Å². The third-order valence-electron chi connectivity index (χ3n) is 6.42. The number of rotatable bonds is 9. The summed E-state index contributed by atoms with van der Waals surface area (Å²) in [6.45, 7) is 2.00. The minimum atomic E-state index is -0.921. The molecule has 1 saturated carbocycles. The van der Waals surface area contributed by atoms with Gasteiger partial charge in [-0.1, -0.05) is 48.7 Å². The number of benzene rings is 2. The Morgan fingerprint density at radius 2 is 1.77 bits per heavy atom. The quantitative estimate of drug-likeness (QED) is 0.431. The fraction of sp³-hybridized carbons (Fsp3) is 0.357. The van der Waals surface area contributed by atoms with Crippen molar-refractivity contribution in [1.82, 2.24) is 5.32 Å². The number of ether oxygens (including phenoxy) is 2. The molecule has 0 aliphatic heterocycles. The van der Waals surface area contributed by atoms with E-state index in [1.165, 1.54) is 11.3 Å². The average Bonchev–Trinajstić information content (AvgIpc) is 3.57. The molecule has 35 heavy (non-hydrogen) atoms. The lowest BCUT2D eigenvalue weighted by atomic mass is 9.99. The lowest BCUT2D eigenvalue weighted by molar-refractivity contribution is -0.127. The topological polar surface area (TPSA) is 67.9 Å². The van der Waals surface area contributed by atoms with E-state index in [1.807, 2.05) is 60.8 Å². The first-order chi connectivity index (χ1) is 17.0. The SMILES string of the molecule is COc1cccc([C@H](C(=O)NC2CCCC2)N(C(=O)Cc2cccs2)c2ccc(C)cc2)c1OC. The maximum Gasteiger partial charge on any atom is 0.248 e. The second kappa shape index (κ2) is 11.4. The fourth-order valence-electron chi connectivity index (χ4n) is 4.66. The van der Waals surface area contributed by atoms with Crippen molar-refractivity contribution >= 4 is 28.8 Å². The summed E-state index contributed by atoms with van der Waals surface area (Å²) in [6, 6.07) is 16.2. The van der Waals surface area contributed by atoms with E-state index in [2.05, 4.69) is 5.32 Å². The predicted molar refractivity (Wildman–Crippen MR) is 139 cm³/mol. The second-order valence-corrected chi connectivity index (χ2v) is 9.86. The molecule has 4 rings (SSSR count). The Balaban J connectivity index is 1.84. The van der Waals surface area contributed by atoms with Gasteiger partial charge < -0.3 is 14.8 Å². The van der Waals surface area contributed by atoms with E-state index in [0.717, 1.165) is 36.1 Å². The number of aryl methyl sites for hydroxylation is 1. The van der Waals surface area contributed by atoms with Crippen molar-refractivity contribution in [3.63, 3.8) is 0 Å². The molecule has 6 nitrogen and oxygen atoms in total. The van der Waals surface area contributed by atoms with Crippen LogP contribution in [0.4, 0.5) is 5.69 Å². The number of nitrogens with zero attached hydrogens (tertiary/aromatic N) is 1. The molecule has 1 atom stereocenters. The number of carbonyl (C=O) groups excluding carboxylic acids is 2. The third-order valence-corrected chi connectivity index (χ3v) is 7.30. The van der Waals surface area contributed by atoms with Crippen LogP contribution in [0.5, 0.6) is 11.5 Å². The summed E-state index contributed by atoms with van der Waals surface area (Å²) in [5.74, 6) is 0.581. The summed E-state index contributed by atoms with van der Waals surface area (Å²) in [4.78, 5) is 30.4. The van der Waals surface area contributed by atoms with E-state index in [0.29, 0.717) is 22.7 Å². The Morgan fingerprint density at radius 1 is 1.03 bits per heavy atom. The number of hydrogen-bond acceptors (Lipinski definition) is 5. The van der Waals surface area contributed by atoms with Crippen LogP contribution in [0.3, 0.4) is 0 Å². The highest BCUT2D eigenvalue weighted by Crippen LogP contribution is 2.39. The zero-order valence-corrected chi connectivity index (χ0v) is 21.3. The zero-order chi connectivity index (χ0) is 24.8. The second-order valence-electron chi connectivity index (χ2n) is 8.83. The molecule has 1 aliphatic rings. The predicted octanol–water partition coefficient (Wildman–Crippen LogP) is 5.45. The van der Waals surface area contributed by atoms with Gasteiger partial charge in [0.1, 0.15) is 6.04 Å². The maximum atomic E-state index is 14.0. The molecule has 1 heterocycles. The standard InChI is InChI=1S/C28H32N2O4S/c1-19-13-15-21(16-14-19)30(25(31)18-22-10-7-17-35-22)26(28(32)29-20-8-4-5-9-20)23-11-6-12-24(33-2)27(23)34-3/h6-7,10-17,20,26H,4-5,8-9,18H2,1-3H3,(H,29,32)/t26-/m1/s1. The van der Waals surface area contributed by atoms with Crippen LogP contribution < -0.4 is 19.7 Å². The molecule has 1 N–H and O–H groups in total. The van der Waals surface area contributed by atoms with Gasteiger partial charge in [0.15, 0.2) is 11.5 Å². The highest BCUT2D eigenvalue weighted by Gasteiger charge is 2.36. The van der Waals surface area contributed by atoms with Crippen LogP contribution in [0.1, 0.15) is 47.7 Å². The zero-order valence-electron chi connectivity index (χ0n) is 20.5. The molecule has 0 spiro atoms. The molecule has 2 amide bonds. The molecule has 0 unspecified atom stereocenters. The Labute approximate surface area is 210 Å². The lowest BCUT2D eigenvalue weighted by Crippen LogP contribution is -2.47. The van der Waals surface area contributed by atoms with E-state index in [1.54, 1.807) is 25.2 Å². The highest BCUT2D eigenvalue weighted by atomic mass is 32.1. The summed E-state index contributed by atoms with van der Waals surface area (Å²) < 4.78 is 11.2. The number of para-hydroxylation sites is 1. The van der Waals surface area contributed by atoms with Gasteiger partial charge in [0.05, 0.1) is 20.6 Å². The molecule has 1 aliphatic carbocycles.